The van der Waals surface area contributed by atoms with Gasteiger partial charge in [0.15, 0.2) is 0 Å². The highest BCUT2D eigenvalue weighted by atomic mass is 19.4. The van der Waals surface area contributed by atoms with Crippen LogP contribution in [-0.4, -0.2) is 23.4 Å². The molecule has 0 heterocycles. The van der Waals surface area contributed by atoms with Crippen LogP contribution < -0.4 is 5.73 Å². The van der Waals surface area contributed by atoms with Gasteiger partial charge in [-0.15, -0.1) is 0 Å². The lowest BCUT2D eigenvalue weighted by atomic mass is 9.77. The van der Waals surface area contributed by atoms with Crippen molar-refractivity contribution in [3.05, 3.63) is 0 Å². The van der Waals surface area contributed by atoms with Crippen LogP contribution in [0, 0.1) is 5.92 Å². The number of hydrogen-bond acceptors (Lipinski definition) is 2. The van der Waals surface area contributed by atoms with Crippen LogP contribution in [0.15, 0.2) is 0 Å². The Morgan fingerprint density at radius 1 is 1.31 bits per heavy atom. The monoisotopic (exact) mass is 197 g/mol. The summed E-state index contributed by atoms with van der Waals surface area (Å²) in [6.07, 6.45) is -3.50. The number of halogens is 3. The van der Waals surface area contributed by atoms with Crippen molar-refractivity contribution < 1.29 is 18.3 Å². The second kappa shape index (κ2) is 3.46. The van der Waals surface area contributed by atoms with Crippen molar-refractivity contribution in [1.82, 2.24) is 0 Å². The van der Waals surface area contributed by atoms with Crippen LogP contribution >= 0.6 is 0 Å². The van der Waals surface area contributed by atoms with E-state index in [2.05, 4.69) is 0 Å². The Hall–Kier alpha value is -0.290. The summed E-state index contributed by atoms with van der Waals surface area (Å²) in [7, 11) is 0. The van der Waals surface area contributed by atoms with Crippen LogP contribution in [0.5, 0.6) is 0 Å². The Balaban J connectivity index is 2.48. The van der Waals surface area contributed by atoms with Crippen LogP contribution in [0.4, 0.5) is 13.2 Å². The molecule has 13 heavy (non-hydrogen) atoms. The van der Waals surface area contributed by atoms with E-state index in [4.69, 9.17) is 10.8 Å². The molecule has 1 saturated carbocycles. The Morgan fingerprint density at radius 3 is 2.08 bits per heavy atom. The van der Waals surface area contributed by atoms with E-state index in [1.165, 1.54) is 0 Å². The van der Waals surface area contributed by atoms with Crippen LogP contribution in [0.2, 0.25) is 0 Å². The largest absolute Gasteiger partial charge is 0.394 e. The van der Waals surface area contributed by atoms with Gasteiger partial charge in [0.1, 0.15) is 0 Å². The fourth-order valence-electron chi connectivity index (χ4n) is 1.68. The number of aliphatic hydroxyl groups excluding tert-OH is 1. The van der Waals surface area contributed by atoms with Crippen LogP contribution in [0.3, 0.4) is 0 Å². The molecule has 1 rings (SSSR count). The van der Waals surface area contributed by atoms with Crippen molar-refractivity contribution in [2.24, 2.45) is 11.7 Å². The summed E-state index contributed by atoms with van der Waals surface area (Å²) in [6, 6.07) is 0. The van der Waals surface area contributed by atoms with E-state index in [1.54, 1.807) is 0 Å². The van der Waals surface area contributed by atoms with Crippen LogP contribution in [-0.2, 0) is 0 Å². The Labute approximate surface area is 74.9 Å². The molecule has 3 N–H and O–H groups in total. The molecule has 0 saturated heterocycles. The van der Waals surface area contributed by atoms with E-state index in [1.807, 2.05) is 0 Å². The smallest absolute Gasteiger partial charge is 0.391 e. The maximum atomic E-state index is 12.2. The van der Waals surface area contributed by atoms with E-state index in [9.17, 15) is 13.2 Å². The summed E-state index contributed by atoms with van der Waals surface area (Å²) < 4.78 is 36.6. The molecule has 0 spiro atoms. The van der Waals surface area contributed by atoms with Gasteiger partial charge in [0.2, 0.25) is 0 Å². The van der Waals surface area contributed by atoms with E-state index in [-0.39, 0.29) is 32.3 Å². The molecule has 0 unspecified atom stereocenters. The van der Waals surface area contributed by atoms with Gasteiger partial charge in [-0.25, -0.2) is 0 Å². The van der Waals surface area contributed by atoms with Gasteiger partial charge in [-0.3, -0.25) is 0 Å². The number of rotatable bonds is 1. The number of alkyl halides is 3. The first-order valence-electron chi connectivity index (χ1n) is 4.34. The predicted octanol–water partition coefficient (Wildman–Crippen LogP) is 1.43. The van der Waals surface area contributed by atoms with Gasteiger partial charge >= 0.3 is 6.18 Å². The molecule has 5 heteroatoms. The highest BCUT2D eigenvalue weighted by molar-refractivity contribution is 4.90. The maximum Gasteiger partial charge on any atom is 0.391 e. The lowest BCUT2D eigenvalue weighted by Gasteiger charge is -2.36. The summed E-state index contributed by atoms with van der Waals surface area (Å²) in [5.41, 5.74) is 4.87. The van der Waals surface area contributed by atoms with Crippen molar-refractivity contribution in [1.29, 1.82) is 0 Å². The first-order chi connectivity index (χ1) is 5.87. The third-order valence-corrected chi connectivity index (χ3v) is 2.76. The second-order valence-electron chi connectivity index (χ2n) is 3.84. The lowest BCUT2D eigenvalue weighted by Crippen LogP contribution is -2.48. The SMILES string of the molecule is NC1(CO)CCC(C(F)(F)F)CC1. The van der Waals surface area contributed by atoms with Crippen LogP contribution in [0.1, 0.15) is 25.7 Å². The van der Waals surface area contributed by atoms with E-state index >= 15 is 0 Å². The zero-order valence-electron chi connectivity index (χ0n) is 7.27. The van der Waals surface area contributed by atoms with Gasteiger partial charge in [-0.05, 0) is 25.7 Å². The summed E-state index contributed by atoms with van der Waals surface area (Å²) in [5.74, 6) is -1.23. The zero-order chi connectivity index (χ0) is 10.1. The summed E-state index contributed by atoms with van der Waals surface area (Å²) in [4.78, 5) is 0. The normalized spacial score (nSPS) is 36.2. The molecule has 0 amide bonds. The molecule has 0 aliphatic heterocycles. The molecule has 0 atom stereocenters. The van der Waals surface area contributed by atoms with E-state index in [0.717, 1.165) is 0 Å². The van der Waals surface area contributed by atoms with Gasteiger partial charge in [-0.1, -0.05) is 0 Å². The molecule has 0 aromatic heterocycles. The fraction of sp³-hybridized carbons (Fsp3) is 1.00. The van der Waals surface area contributed by atoms with Crippen LogP contribution in [0.25, 0.3) is 0 Å². The molecule has 78 valence electrons. The Bertz CT molecular complexity index is 173. The van der Waals surface area contributed by atoms with Gasteiger partial charge in [0.05, 0.1) is 12.5 Å². The van der Waals surface area contributed by atoms with Gasteiger partial charge in [0.25, 0.3) is 0 Å². The molecular formula is C8H14F3NO. The summed E-state index contributed by atoms with van der Waals surface area (Å²) in [5, 5.41) is 8.83. The third kappa shape index (κ3) is 2.57. The highest BCUT2D eigenvalue weighted by Crippen LogP contribution is 2.39. The molecule has 0 radical (unpaired) electrons. The average molecular weight is 197 g/mol. The minimum atomic E-state index is -4.10. The molecule has 1 aliphatic carbocycles. The minimum absolute atomic E-state index is 0.0422. The van der Waals surface area contributed by atoms with Crippen molar-refractivity contribution in [3.63, 3.8) is 0 Å². The maximum absolute atomic E-state index is 12.2. The Morgan fingerprint density at radius 2 is 1.77 bits per heavy atom. The van der Waals surface area contributed by atoms with Gasteiger partial charge < -0.3 is 10.8 Å². The third-order valence-electron chi connectivity index (χ3n) is 2.76. The standard InChI is InChI=1S/C8H14F3NO/c9-8(10,11)6-1-3-7(12,5-13)4-2-6/h6,13H,1-5,12H2. The van der Waals surface area contributed by atoms with E-state index < -0.39 is 17.6 Å². The zero-order valence-corrected chi connectivity index (χ0v) is 7.27. The highest BCUT2D eigenvalue weighted by Gasteiger charge is 2.44. The first kappa shape index (κ1) is 10.8. The molecule has 1 fully saturated rings. The average Bonchev–Trinajstić information content (AvgIpc) is 2.04. The fourth-order valence-corrected chi connectivity index (χ4v) is 1.68. The van der Waals surface area contributed by atoms with E-state index in [0.29, 0.717) is 0 Å². The van der Waals surface area contributed by atoms with Crippen molar-refractivity contribution in [2.45, 2.75) is 37.4 Å². The summed E-state index contributed by atoms with van der Waals surface area (Å²) >= 11 is 0. The second-order valence-corrected chi connectivity index (χ2v) is 3.84. The Kier molecular flexibility index (Phi) is 2.87. The first-order valence-corrected chi connectivity index (χ1v) is 4.34. The van der Waals surface area contributed by atoms with Gasteiger partial charge in [0, 0.05) is 5.54 Å². The minimum Gasteiger partial charge on any atom is -0.394 e. The molecular weight excluding hydrogens is 183 g/mol. The topological polar surface area (TPSA) is 46.2 Å². The van der Waals surface area contributed by atoms with Crippen molar-refractivity contribution in [2.75, 3.05) is 6.61 Å². The van der Waals surface area contributed by atoms with Crippen molar-refractivity contribution in [3.8, 4) is 0 Å². The molecule has 0 aromatic rings. The molecule has 2 nitrogen and oxygen atoms in total. The quantitative estimate of drug-likeness (QED) is 0.668. The lowest BCUT2D eigenvalue weighted by molar-refractivity contribution is -0.185. The van der Waals surface area contributed by atoms with Gasteiger partial charge in [-0.2, -0.15) is 13.2 Å². The van der Waals surface area contributed by atoms with Crippen molar-refractivity contribution >= 4 is 0 Å². The number of hydrogen-bond donors (Lipinski definition) is 2. The molecule has 0 aromatic carbocycles. The molecule has 1 aliphatic rings. The number of nitrogens with two attached hydrogens (primary N) is 1. The predicted molar refractivity (Wildman–Crippen MR) is 42.0 cm³/mol. The molecule has 0 bridgehead atoms. The number of aliphatic hydroxyl groups is 1. The summed E-state index contributed by atoms with van der Waals surface area (Å²) in [6.45, 7) is -0.225.